The van der Waals surface area contributed by atoms with Crippen LogP contribution in [0.2, 0.25) is 0 Å². The van der Waals surface area contributed by atoms with E-state index in [1.54, 1.807) is 15.9 Å². The van der Waals surface area contributed by atoms with Crippen LogP contribution in [0.15, 0.2) is 21.6 Å². The van der Waals surface area contributed by atoms with Crippen molar-refractivity contribution in [1.82, 2.24) is 9.55 Å². The number of H-pyrrole nitrogens is 1. The Morgan fingerprint density at radius 2 is 2.26 bits per heavy atom. The summed E-state index contributed by atoms with van der Waals surface area (Å²) in [5, 5.41) is 5.77. The van der Waals surface area contributed by atoms with E-state index in [-0.39, 0.29) is 5.56 Å². The molecule has 1 saturated carbocycles. The van der Waals surface area contributed by atoms with E-state index in [9.17, 15) is 4.79 Å². The number of nitrogens with zero attached hydrogens (tertiary/aromatic N) is 1. The minimum Gasteiger partial charge on any atom is -0.332 e. The Morgan fingerprint density at radius 3 is 3.05 bits per heavy atom. The van der Waals surface area contributed by atoms with Gasteiger partial charge in [-0.15, -0.1) is 0 Å². The molecule has 2 unspecified atom stereocenters. The fourth-order valence-electron chi connectivity index (χ4n) is 2.65. The Kier molecular flexibility index (Phi) is 2.40. The molecule has 1 N–H and O–H groups in total. The van der Waals surface area contributed by atoms with E-state index in [2.05, 4.69) is 17.1 Å². The summed E-state index contributed by atoms with van der Waals surface area (Å²) in [6, 6.07) is 2.03. The van der Waals surface area contributed by atoms with Crippen LogP contribution >= 0.6 is 23.6 Å². The zero-order valence-electron chi connectivity index (χ0n) is 10.1. The monoisotopic (exact) mass is 288 g/mol. The van der Waals surface area contributed by atoms with Crippen molar-refractivity contribution in [3.05, 3.63) is 48.1 Å². The third kappa shape index (κ3) is 1.84. The molecule has 0 amide bonds. The fraction of sp³-hybridized carbons (Fsp3) is 0.286. The van der Waals surface area contributed by atoms with Crippen LogP contribution in [0.3, 0.4) is 0 Å². The lowest BCUT2D eigenvalue weighted by Gasteiger charge is -2.07. The van der Waals surface area contributed by atoms with E-state index in [4.69, 9.17) is 12.2 Å². The number of aromatic amines is 1. The molecule has 2 aromatic rings. The molecule has 2 aliphatic carbocycles. The van der Waals surface area contributed by atoms with Gasteiger partial charge in [-0.05, 0) is 52.9 Å². The fourth-order valence-corrected chi connectivity index (χ4v) is 3.57. The van der Waals surface area contributed by atoms with Gasteiger partial charge in [-0.3, -0.25) is 9.36 Å². The Balaban J connectivity index is 1.94. The molecule has 96 valence electrons. The van der Waals surface area contributed by atoms with Crippen molar-refractivity contribution >= 4 is 35.7 Å². The lowest BCUT2D eigenvalue weighted by atomic mass is 10.1. The number of fused-ring (bicyclic) bond motifs is 2. The molecule has 2 aromatic heterocycles. The predicted molar refractivity (Wildman–Crippen MR) is 79.1 cm³/mol. The lowest BCUT2D eigenvalue weighted by Crippen LogP contribution is -2.48. The number of hydrogen-bond donors (Lipinski definition) is 1. The van der Waals surface area contributed by atoms with Crippen molar-refractivity contribution in [2.24, 2.45) is 11.8 Å². The molecule has 0 bridgehead atoms. The zero-order chi connectivity index (χ0) is 13.0. The van der Waals surface area contributed by atoms with Gasteiger partial charge >= 0.3 is 0 Å². The van der Waals surface area contributed by atoms with Crippen molar-refractivity contribution in [3.63, 3.8) is 0 Å². The van der Waals surface area contributed by atoms with Gasteiger partial charge in [0.05, 0.1) is 11.8 Å². The first-order valence-electron chi connectivity index (χ1n) is 6.30. The number of rotatable bonds is 2. The van der Waals surface area contributed by atoms with Gasteiger partial charge in [0.15, 0.2) is 4.77 Å². The highest BCUT2D eigenvalue weighted by molar-refractivity contribution is 7.71. The molecule has 0 aliphatic heterocycles. The molecule has 0 spiro atoms. The summed E-state index contributed by atoms with van der Waals surface area (Å²) in [7, 11) is 0. The molecule has 2 aliphatic rings. The second-order valence-corrected chi connectivity index (χ2v) is 6.34. The minimum atomic E-state index is 0.0338. The van der Waals surface area contributed by atoms with E-state index < -0.39 is 0 Å². The van der Waals surface area contributed by atoms with E-state index in [1.165, 1.54) is 6.42 Å². The molecule has 2 heterocycles. The third-order valence-electron chi connectivity index (χ3n) is 3.83. The van der Waals surface area contributed by atoms with Gasteiger partial charge in [0, 0.05) is 5.35 Å². The van der Waals surface area contributed by atoms with Crippen LogP contribution in [0.1, 0.15) is 12.0 Å². The average Bonchev–Trinajstić information content (AvgIpc) is 2.95. The van der Waals surface area contributed by atoms with Crippen LogP contribution in [-0.2, 0) is 6.54 Å². The molecule has 19 heavy (non-hydrogen) atoms. The van der Waals surface area contributed by atoms with Crippen molar-refractivity contribution in [2.75, 3.05) is 0 Å². The number of thiophene rings is 1. The molecule has 0 aromatic carbocycles. The molecule has 2 atom stereocenters. The van der Waals surface area contributed by atoms with Crippen molar-refractivity contribution in [1.29, 1.82) is 0 Å². The summed E-state index contributed by atoms with van der Waals surface area (Å²) in [6.45, 7) is 0.548. The van der Waals surface area contributed by atoms with Gasteiger partial charge in [0.2, 0.25) is 0 Å². The largest absolute Gasteiger partial charge is 0.332 e. The second-order valence-electron chi connectivity index (χ2n) is 5.18. The SMILES string of the molecule is O=c1c2c([nH]c(=S)n1Cc1ccsc1)=CC1CC1C=2. The third-order valence-corrected chi connectivity index (χ3v) is 4.88. The Morgan fingerprint density at radius 1 is 1.42 bits per heavy atom. The number of aromatic nitrogens is 2. The van der Waals surface area contributed by atoms with Crippen molar-refractivity contribution < 1.29 is 0 Å². The summed E-state index contributed by atoms with van der Waals surface area (Å²) >= 11 is 6.96. The van der Waals surface area contributed by atoms with Gasteiger partial charge in [-0.25, -0.2) is 0 Å². The minimum absolute atomic E-state index is 0.0338. The first-order valence-corrected chi connectivity index (χ1v) is 7.65. The van der Waals surface area contributed by atoms with E-state index in [1.807, 2.05) is 16.8 Å². The first kappa shape index (κ1) is 11.4. The van der Waals surface area contributed by atoms with Gasteiger partial charge in [-0.2, -0.15) is 11.3 Å². The lowest BCUT2D eigenvalue weighted by molar-refractivity contribution is 0.707. The molecule has 5 heteroatoms. The maximum atomic E-state index is 12.6. The summed E-state index contributed by atoms with van der Waals surface area (Å²) in [4.78, 5) is 15.8. The Hall–Kier alpha value is -1.46. The topological polar surface area (TPSA) is 37.8 Å². The highest BCUT2D eigenvalue weighted by Crippen LogP contribution is 2.41. The van der Waals surface area contributed by atoms with Crippen LogP contribution in [0.25, 0.3) is 12.2 Å². The second kappa shape index (κ2) is 4.02. The Labute approximate surface area is 118 Å². The van der Waals surface area contributed by atoms with Crippen LogP contribution in [0, 0.1) is 16.6 Å². The summed E-state index contributed by atoms with van der Waals surface area (Å²) in [5.41, 5.74) is 1.15. The van der Waals surface area contributed by atoms with Gasteiger partial charge in [-0.1, -0.05) is 12.2 Å². The first-order chi connectivity index (χ1) is 9.22. The number of nitrogens with one attached hydrogen (secondary N) is 1. The molecule has 0 radical (unpaired) electrons. The quantitative estimate of drug-likeness (QED) is 0.844. The van der Waals surface area contributed by atoms with Gasteiger partial charge in [0.25, 0.3) is 5.56 Å². The maximum absolute atomic E-state index is 12.6. The Bertz CT molecular complexity index is 874. The molecular formula is C14H12N2OS2. The van der Waals surface area contributed by atoms with Gasteiger partial charge in [0.1, 0.15) is 0 Å². The van der Waals surface area contributed by atoms with Gasteiger partial charge < -0.3 is 4.98 Å². The highest BCUT2D eigenvalue weighted by atomic mass is 32.1. The van der Waals surface area contributed by atoms with Crippen molar-refractivity contribution in [2.45, 2.75) is 13.0 Å². The van der Waals surface area contributed by atoms with Crippen LogP contribution in [0.4, 0.5) is 0 Å². The predicted octanol–water partition coefficient (Wildman–Crippen LogP) is 1.23. The molecular weight excluding hydrogens is 276 g/mol. The summed E-state index contributed by atoms with van der Waals surface area (Å²) in [6.07, 6.45) is 5.43. The molecule has 4 rings (SSSR count). The average molecular weight is 288 g/mol. The van der Waals surface area contributed by atoms with E-state index in [0.717, 1.165) is 16.1 Å². The normalized spacial score (nSPS) is 22.9. The highest BCUT2D eigenvalue weighted by Gasteiger charge is 2.35. The van der Waals surface area contributed by atoms with E-state index >= 15 is 0 Å². The zero-order valence-corrected chi connectivity index (χ0v) is 11.8. The van der Waals surface area contributed by atoms with Crippen LogP contribution < -0.4 is 16.1 Å². The maximum Gasteiger partial charge on any atom is 0.262 e. The van der Waals surface area contributed by atoms with Crippen molar-refractivity contribution in [3.8, 4) is 0 Å². The van der Waals surface area contributed by atoms with E-state index in [0.29, 0.717) is 23.2 Å². The summed E-state index contributed by atoms with van der Waals surface area (Å²) < 4.78 is 2.17. The standard InChI is InChI=1S/C14H12N2OS2/c17-13-11-4-9-3-10(9)5-12(11)15-14(18)16(13)6-8-1-2-19-7-8/h1-2,4-5,7,9-10H,3,6H2,(H,15,18). The van der Waals surface area contributed by atoms with Crippen LogP contribution in [0.5, 0.6) is 0 Å². The van der Waals surface area contributed by atoms with Crippen LogP contribution in [-0.4, -0.2) is 9.55 Å². The smallest absolute Gasteiger partial charge is 0.262 e. The molecule has 1 fully saturated rings. The summed E-state index contributed by atoms with van der Waals surface area (Å²) in [5.74, 6) is 1.18. The molecule has 3 nitrogen and oxygen atoms in total. The molecule has 0 saturated heterocycles. The number of hydrogen-bond acceptors (Lipinski definition) is 3.